The van der Waals surface area contributed by atoms with Crippen LogP contribution >= 0.6 is 22.9 Å². The van der Waals surface area contributed by atoms with Crippen LogP contribution in [0.25, 0.3) is 21.5 Å². The van der Waals surface area contributed by atoms with Crippen molar-refractivity contribution in [2.45, 2.75) is 13.5 Å². The second-order valence-electron chi connectivity index (χ2n) is 5.33. The Morgan fingerprint density at radius 3 is 2.79 bits per heavy atom. The highest BCUT2D eigenvalue weighted by molar-refractivity contribution is 7.19. The zero-order valence-electron chi connectivity index (χ0n) is 12.8. The van der Waals surface area contributed by atoms with Gasteiger partial charge in [0.2, 0.25) is 5.28 Å². The number of thiophene rings is 1. The molecule has 0 amide bonds. The van der Waals surface area contributed by atoms with Gasteiger partial charge in [0.1, 0.15) is 5.82 Å². The van der Waals surface area contributed by atoms with E-state index in [-0.39, 0.29) is 5.28 Å². The Labute approximate surface area is 147 Å². The molecule has 0 atom stereocenters. The summed E-state index contributed by atoms with van der Waals surface area (Å²) in [6.07, 6.45) is 3.13. The minimum absolute atomic E-state index is 0.253. The fourth-order valence-corrected chi connectivity index (χ4v) is 3.56. The van der Waals surface area contributed by atoms with Crippen LogP contribution in [0.4, 0.5) is 5.82 Å². The summed E-state index contributed by atoms with van der Waals surface area (Å²) in [7, 11) is 0. The summed E-state index contributed by atoms with van der Waals surface area (Å²) >= 11 is 7.68. The van der Waals surface area contributed by atoms with Crippen LogP contribution in [-0.4, -0.2) is 15.0 Å². The van der Waals surface area contributed by atoms with Crippen molar-refractivity contribution in [3.8, 4) is 11.3 Å². The van der Waals surface area contributed by atoms with Crippen LogP contribution in [0, 0.1) is 6.92 Å². The Balaban J connectivity index is 1.55. The summed E-state index contributed by atoms with van der Waals surface area (Å²) in [5.41, 5.74) is 3.01. The van der Waals surface area contributed by atoms with Crippen molar-refractivity contribution in [3.05, 3.63) is 58.6 Å². The van der Waals surface area contributed by atoms with Crippen LogP contribution in [-0.2, 0) is 6.54 Å². The van der Waals surface area contributed by atoms with Gasteiger partial charge in [-0.25, -0.2) is 9.97 Å². The molecule has 0 aliphatic heterocycles. The van der Waals surface area contributed by atoms with Crippen LogP contribution in [0.15, 0.2) is 47.3 Å². The van der Waals surface area contributed by atoms with E-state index in [2.05, 4.69) is 20.3 Å². The van der Waals surface area contributed by atoms with Crippen LogP contribution in [0.3, 0.4) is 0 Å². The van der Waals surface area contributed by atoms with Gasteiger partial charge in [-0.05, 0) is 30.2 Å². The standard InChI is InChI=1S/C17H13ClN4OS/c1-10-6-13-15(24-10)16(22-17(18)21-13)20-7-11-2-4-12(5-3-11)14-8-19-9-23-14/h2-6,8-9H,7H2,1H3,(H,20,21,22). The van der Waals surface area contributed by atoms with Gasteiger partial charge in [0.25, 0.3) is 0 Å². The average Bonchev–Trinajstić information content (AvgIpc) is 3.22. The number of oxazole rings is 1. The van der Waals surface area contributed by atoms with E-state index in [1.807, 2.05) is 37.3 Å². The second-order valence-corrected chi connectivity index (χ2v) is 6.92. The lowest BCUT2D eigenvalue weighted by Crippen LogP contribution is -2.02. The summed E-state index contributed by atoms with van der Waals surface area (Å²) in [6, 6.07) is 10.1. The van der Waals surface area contributed by atoms with Crippen molar-refractivity contribution in [3.63, 3.8) is 0 Å². The highest BCUT2D eigenvalue weighted by Crippen LogP contribution is 2.30. The Kier molecular flexibility index (Phi) is 3.92. The lowest BCUT2D eigenvalue weighted by atomic mass is 10.1. The van der Waals surface area contributed by atoms with Crippen molar-refractivity contribution < 1.29 is 4.42 Å². The highest BCUT2D eigenvalue weighted by atomic mass is 35.5. The monoisotopic (exact) mass is 356 g/mol. The molecule has 1 aromatic carbocycles. The molecule has 4 rings (SSSR count). The number of hydrogen-bond acceptors (Lipinski definition) is 6. The molecule has 0 aliphatic carbocycles. The molecule has 0 unspecified atom stereocenters. The molecule has 0 spiro atoms. The fraction of sp³-hybridized carbons (Fsp3) is 0.118. The summed E-state index contributed by atoms with van der Waals surface area (Å²) in [4.78, 5) is 13.7. The molecular formula is C17H13ClN4OS. The van der Waals surface area contributed by atoms with Gasteiger partial charge in [-0.2, -0.15) is 4.98 Å². The quantitative estimate of drug-likeness (QED) is 0.526. The van der Waals surface area contributed by atoms with Gasteiger partial charge < -0.3 is 9.73 Å². The van der Waals surface area contributed by atoms with Gasteiger partial charge in [0, 0.05) is 17.0 Å². The third-order valence-electron chi connectivity index (χ3n) is 3.60. The number of rotatable bonds is 4. The van der Waals surface area contributed by atoms with E-state index in [1.54, 1.807) is 17.5 Å². The predicted octanol–water partition coefficient (Wildman–Crippen LogP) is 4.92. The lowest BCUT2D eigenvalue weighted by Gasteiger charge is -2.07. The number of fused-ring (bicyclic) bond motifs is 1. The zero-order chi connectivity index (χ0) is 16.5. The molecule has 0 saturated carbocycles. The van der Waals surface area contributed by atoms with Crippen LogP contribution in [0.5, 0.6) is 0 Å². The molecule has 3 heterocycles. The molecule has 24 heavy (non-hydrogen) atoms. The molecule has 0 saturated heterocycles. The van der Waals surface area contributed by atoms with E-state index >= 15 is 0 Å². The van der Waals surface area contributed by atoms with Crippen molar-refractivity contribution in [1.82, 2.24) is 15.0 Å². The minimum atomic E-state index is 0.253. The van der Waals surface area contributed by atoms with Crippen LogP contribution < -0.4 is 5.32 Å². The van der Waals surface area contributed by atoms with Crippen LogP contribution in [0.1, 0.15) is 10.4 Å². The maximum atomic E-state index is 6.02. The Morgan fingerprint density at radius 1 is 1.21 bits per heavy atom. The third-order valence-corrected chi connectivity index (χ3v) is 4.81. The van der Waals surface area contributed by atoms with E-state index < -0.39 is 0 Å². The first-order valence-corrected chi connectivity index (χ1v) is 8.54. The molecule has 0 aliphatic rings. The van der Waals surface area contributed by atoms with Gasteiger partial charge in [0.15, 0.2) is 12.2 Å². The van der Waals surface area contributed by atoms with E-state index in [1.165, 1.54) is 11.3 Å². The predicted molar refractivity (Wildman–Crippen MR) is 96.4 cm³/mol. The molecule has 7 heteroatoms. The van der Waals surface area contributed by atoms with Crippen molar-refractivity contribution in [1.29, 1.82) is 0 Å². The first-order valence-electron chi connectivity index (χ1n) is 7.34. The third kappa shape index (κ3) is 2.98. The van der Waals surface area contributed by atoms with Crippen LogP contribution in [0.2, 0.25) is 5.28 Å². The topological polar surface area (TPSA) is 63.8 Å². The van der Waals surface area contributed by atoms with Crippen molar-refractivity contribution in [2.75, 3.05) is 5.32 Å². The van der Waals surface area contributed by atoms with Gasteiger partial charge in [-0.3, -0.25) is 0 Å². The van der Waals surface area contributed by atoms with E-state index in [0.717, 1.165) is 32.9 Å². The molecular weight excluding hydrogens is 344 g/mol. The SMILES string of the molecule is Cc1cc2nc(Cl)nc(NCc3ccc(-c4cnco4)cc3)c2s1. The summed E-state index contributed by atoms with van der Waals surface area (Å²) in [6.45, 7) is 2.70. The number of aromatic nitrogens is 3. The normalized spacial score (nSPS) is 11.1. The van der Waals surface area contributed by atoms with Gasteiger partial charge >= 0.3 is 0 Å². The van der Waals surface area contributed by atoms with Gasteiger partial charge in [-0.1, -0.05) is 24.3 Å². The van der Waals surface area contributed by atoms with E-state index in [4.69, 9.17) is 16.0 Å². The molecule has 0 bridgehead atoms. The number of halogens is 1. The first-order chi connectivity index (χ1) is 11.7. The van der Waals surface area contributed by atoms with Gasteiger partial charge in [-0.15, -0.1) is 11.3 Å². The smallest absolute Gasteiger partial charge is 0.224 e. The maximum absolute atomic E-state index is 6.02. The number of nitrogens with one attached hydrogen (secondary N) is 1. The van der Waals surface area contributed by atoms with E-state index in [0.29, 0.717) is 6.54 Å². The molecule has 5 nitrogen and oxygen atoms in total. The number of anilines is 1. The van der Waals surface area contributed by atoms with Gasteiger partial charge in [0.05, 0.1) is 16.4 Å². The molecule has 0 radical (unpaired) electrons. The first kappa shape index (κ1) is 15.1. The number of hydrogen-bond donors (Lipinski definition) is 1. The minimum Gasteiger partial charge on any atom is -0.444 e. The molecule has 4 aromatic rings. The van der Waals surface area contributed by atoms with Crippen molar-refractivity contribution in [2.24, 2.45) is 0 Å². The van der Waals surface area contributed by atoms with E-state index in [9.17, 15) is 0 Å². The largest absolute Gasteiger partial charge is 0.444 e. The molecule has 0 fully saturated rings. The Morgan fingerprint density at radius 2 is 2.04 bits per heavy atom. The molecule has 1 N–H and O–H groups in total. The Bertz CT molecular complexity index is 980. The number of aryl methyl sites for hydroxylation is 1. The maximum Gasteiger partial charge on any atom is 0.224 e. The summed E-state index contributed by atoms with van der Waals surface area (Å²) in [5, 5.41) is 3.60. The molecule has 120 valence electrons. The zero-order valence-corrected chi connectivity index (χ0v) is 14.4. The van der Waals surface area contributed by atoms with Crippen molar-refractivity contribution >= 4 is 39.0 Å². The number of nitrogens with zero attached hydrogens (tertiary/aromatic N) is 3. The average molecular weight is 357 g/mol. The second kappa shape index (κ2) is 6.22. The Hall–Kier alpha value is -2.44. The highest BCUT2D eigenvalue weighted by Gasteiger charge is 2.10. The summed E-state index contributed by atoms with van der Waals surface area (Å²) < 4.78 is 6.32. The lowest BCUT2D eigenvalue weighted by molar-refractivity contribution is 0.572. The number of benzene rings is 1. The fourth-order valence-electron chi connectivity index (χ4n) is 2.47. The summed E-state index contributed by atoms with van der Waals surface area (Å²) in [5.74, 6) is 1.52. The molecule has 3 aromatic heterocycles.